The van der Waals surface area contributed by atoms with Crippen molar-refractivity contribution >= 4 is 0 Å². The summed E-state index contributed by atoms with van der Waals surface area (Å²) in [6, 6.07) is 0.105. The fourth-order valence-electron chi connectivity index (χ4n) is 2.03. The Morgan fingerprint density at radius 1 is 1.28 bits per heavy atom. The van der Waals surface area contributed by atoms with Gasteiger partial charge in [-0.1, -0.05) is 20.8 Å². The lowest BCUT2D eigenvalue weighted by atomic mass is 9.89. The highest BCUT2D eigenvalue weighted by atomic mass is 16.3. The number of hydrogen-bond donors (Lipinski definition) is 2. The highest BCUT2D eigenvalue weighted by molar-refractivity contribution is 5.12. The van der Waals surface area contributed by atoms with E-state index in [1.54, 1.807) is 12.4 Å². The monoisotopic (exact) mass is 251 g/mol. The van der Waals surface area contributed by atoms with Gasteiger partial charge in [0.15, 0.2) is 0 Å². The molecule has 2 N–H and O–H groups in total. The maximum Gasteiger partial charge on any atom is 0.0782 e. The van der Waals surface area contributed by atoms with Crippen molar-refractivity contribution in [1.82, 2.24) is 15.3 Å². The summed E-state index contributed by atoms with van der Waals surface area (Å²) in [5.41, 5.74) is 2.02. The van der Waals surface area contributed by atoms with Crippen LogP contribution in [0.2, 0.25) is 0 Å². The van der Waals surface area contributed by atoms with Crippen LogP contribution in [0.3, 0.4) is 0 Å². The van der Waals surface area contributed by atoms with Gasteiger partial charge in [-0.15, -0.1) is 0 Å². The summed E-state index contributed by atoms with van der Waals surface area (Å²) in [6.45, 7) is 11.0. The van der Waals surface area contributed by atoms with Crippen LogP contribution in [0.5, 0.6) is 0 Å². The van der Waals surface area contributed by atoms with Crippen LogP contribution < -0.4 is 5.32 Å². The molecule has 0 bridgehead atoms. The molecule has 0 aromatic carbocycles. The van der Waals surface area contributed by atoms with Crippen molar-refractivity contribution in [3.8, 4) is 0 Å². The molecule has 0 amide bonds. The van der Waals surface area contributed by atoms with Gasteiger partial charge in [-0.25, -0.2) is 0 Å². The molecule has 0 saturated heterocycles. The van der Waals surface area contributed by atoms with E-state index in [-0.39, 0.29) is 17.6 Å². The summed E-state index contributed by atoms with van der Waals surface area (Å²) in [5, 5.41) is 13.3. The Morgan fingerprint density at radius 2 is 1.89 bits per heavy atom. The Balaban J connectivity index is 2.47. The van der Waals surface area contributed by atoms with Crippen molar-refractivity contribution in [3.63, 3.8) is 0 Å². The first kappa shape index (κ1) is 15.1. The number of aromatic nitrogens is 2. The smallest absolute Gasteiger partial charge is 0.0782 e. The maximum atomic E-state index is 9.95. The van der Waals surface area contributed by atoms with E-state index in [1.165, 1.54) is 0 Å². The first-order valence-electron chi connectivity index (χ1n) is 6.48. The van der Waals surface area contributed by atoms with Crippen LogP contribution in [0.1, 0.15) is 51.5 Å². The molecule has 1 heterocycles. The second-order valence-corrected chi connectivity index (χ2v) is 6.08. The fraction of sp³-hybridized carbons (Fsp3) is 0.714. The summed E-state index contributed by atoms with van der Waals surface area (Å²) in [4.78, 5) is 8.55. The lowest BCUT2D eigenvalue weighted by Gasteiger charge is -2.24. The average Bonchev–Trinajstić information content (AvgIpc) is 2.24. The molecular formula is C14H25N3O. The molecule has 4 heteroatoms. The maximum absolute atomic E-state index is 9.95. The standard InChI is InChI=1S/C14H25N3O/c1-10-13(16-7-6-15-10)11(2)17-9-12(18)8-14(3,4)5/h6-7,11-12,17-18H,8-9H2,1-5H3. The minimum atomic E-state index is -0.329. The van der Waals surface area contributed by atoms with E-state index in [0.29, 0.717) is 6.54 Å². The molecule has 0 aliphatic carbocycles. The Labute approximate surface area is 110 Å². The van der Waals surface area contributed by atoms with Gasteiger partial charge >= 0.3 is 0 Å². The second-order valence-electron chi connectivity index (χ2n) is 6.08. The van der Waals surface area contributed by atoms with E-state index in [9.17, 15) is 5.11 Å². The van der Waals surface area contributed by atoms with Crippen LogP contribution in [-0.4, -0.2) is 27.7 Å². The Kier molecular flexibility index (Phi) is 5.23. The van der Waals surface area contributed by atoms with Crippen molar-refractivity contribution < 1.29 is 5.11 Å². The van der Waals surface area contributed by atoms with Gasteiger partial charge in [-0.05, 0) is 25.7 Å². The van der Waals surface area contributed by atoms with Gasteiger partial charge in [-0.3, -0.25) is 9.97 Å². The second kappa shape index (κ2) is 6.25. The summed E-state index contributed by atoms with van der Waals surface area (Å²) in [7, 11) is 0. The molecule has 0 fully saturated rings. The van der Waals surface area contributed by atoms with Gasteiger partial charge in [0.1, 0.15) is 0 Å². The quantitative estimate of drug-likeness (QED) is 0.842. The molecule has 1 aromatic heterocycles. The first-order chi connectivity index (χ1) is 8.29. The lowest BCUT2D eigenvalue weighted by molar-refractivity contribution is 0.117. The van der Waals surface area contributed by atoms with Crippen molar-refractivity contribution in [3.05, 3.63) is 23.8 Å². The van der Waals surface area contributed by atoms with Crippen LogP contribution in [0.4, 0.5) is 0 Å². The predicted molar refractivity (Wildman–Crippen MR) is 73.3 cm³/mol. The number of rotatable bonds is 5. The molecule has 2 unspecified atom stereocenters. The summed E-state index contributed by atoms with van der Waals surface area (Å²) < 4.78 is 0. The Bertz CT molecular complexity index is 374. The summed E-state index contributed by atoms with van der Waals surface area (Å²) in [5.74, 6) is 0. The fourth-order valence-corrected chi connectivity index (χ4v) is 2.03. The van der Waals surface area contributed by atoms with E-state index >= 15 is 0 Å². The van der Waals surface area contributed by atoms with Gasteiger partial charge in [0.05, 0.1) is 17.5 Å². The molecule has 102 valence electrons. The number of nitrogens with zero attached hydrogens (tertiary/aromatic N) is 2. The first-order valence-corrected chi connectivity index (χ1v) is 6.48. The molecule has 0 aliphatic heterocycles. The van der Waals surface area contributed by atoms with Gasteiger partial charge in [-0.2, -0.15) is 0 Å². The Morgan fingerprint density at radius 3 is 2.44 bits per heavy atom. The number of aliphatic hydroxyl groups is 1. The van der Waals surface area contributed by atoms with E-state index in [2.05, 4.69) is 36.1 Å². The number of nitrogens with one attached hydrogen (secondary N) is 1. The molecule has 1 aromatic rings. The molecule has 18 heavy (non-hydrogen) atoms. The third-order valence-electron chi connectivity index (χ3n) is 2.84. The van der Waals surface area contributed by atoms with E-state index < -0.39 is 0 Å². The molecule has 0 aliphatic rings. The number of aryl methyl sites for hydroxylation is 1. The number of hydrogen-bond acceptors (Lipinski definition) is 4. The predicted octanol–water partition coefficient (Wildman–Crippen LogP) is 2.23. The van der Waals surface area contributed by atoms with Crippen LogP contribution in [0.25, 0.3) is 0 Å². The summed E-state index contributed by atoms with van der Waals surface area (Å²) >= 11 is 0. The zero-order chi connectivity index (χ0) is 13.8. The van der Waals surface area contributed by atoms with E-state index in [0.717, 1.165) is 17.8 Å². The van der Waals surface area contributed by atoms with Crippen molar-refractivity contribution in [1.29, 1.82) is 0 Å². The minimum absolute atomic E-state index is 0.105. The van der Waals surface area contributed by atoms with Crippen molar-refractivity contribution in [2.45, 2.75) is 53.2 Å². The largest absolute Gasteiger partial charge is 0.392 e. The number of aliphatic hydroxyl groups excluding tert-OH is 1. The van der Waals surface area contributed by atoms with E-state index in [4.69, 9.17) is 0 Å². The van der Waals surface area contributed by atoms with Crippen LogP contribution in [0, 0.1) is 12.3 Å². The normalized spacial score (nSPS) is 15.4. The highest BCUT2D eigenvalue weighted by Gasteiger charge is 2.18. The molecule has 1 rings (SSSR count). The lowest BCUT2D eigenvalue weighted by Crippen LogP contribution is -2.32. The third kappa shape index (κ3) is 5.10. The van der Waals surface area contributed by atoms with Gasteiger partial charge < -0.3 is 10.4 Å². The average molecular weight is 251 g/mol. The SMILES string of the molecule is Cc1nccnc1C(C)NCC(O)CC(C)(C)C. The Hall–Kier alpha value is -1.00. The van der Waals surface area contributed by atoms with Crippen LogP contribution >= 0.6 is 0 Å². The molecule has 2 atom stereocenters. The van der Waals surface area contributed by atoms with Crippen LogP contribution in [0.15, 0.2) is 12.4 Å². The molecule has 0 saturated carbocycles. The third-order valence-corrected chi connectivity index (χ3v) is 2.84. The van der Waals surface area contributed by atoms with Gasteiger partial charge in [0, 0.05) is 25.0 Å². The minimum Gasteiger partial charge on any atom is -0.392 e. The van der Waals surface area contributed by atoms with Crippen LogP contribution in [-0.2, 0) is 0 Å². The molecule has 0 radical (unpaired) electrons. The van der Waals surface area contributed by atoms with Gasteiger partial charge in [0.25, 0.3) is 0 Å². The zero-order valence-electron chi connectivity index (χ0n) is 12.1. The zero-order valence-corrected chi connectivity index (χ0v) is 12.1. The molecular weight excluding hydrogens is 226 g/mol. The highest BCUT2D eigenvalue weighted by Crippen LogP contribution is 2.21. The van der Waals surface area contributed by atoms with Crippen molar-refractivity contribution in [2.75, 3.05) is 6.54 Å². The summed E-state index contributed by atoms with van der Waals surface area (Å²) in [6.07, 6.45) is 3.85. The molecule has 0 spiro atoms. The van der Waals surface area contributed by atoms with Gasteiger partial charge in [0.2, 0.25) is 0 Å². The topological polar surface area (TPSA) is 58.0 Å². The van der Waals surface area contributed by atoms with E-state index in [1.807, 2.05) is 13.8 Å². The molecule has 4 nitrogen and oxygen atoms in total. The van der Waals surface area contributed by atoms with Crippen molar-refractivity contribution in [2.24, 2.45) is 5.41 Å².